The van der Waals surface area contributed by atoms with Crippen LogP contribution in [0.4, 0.5) is 4.39 Å². The van der Waals surface area contributed by atoms with Gasteiger partial charge in [0, 0.05) is 11.6 Å². The first kappa shape index (κ1) is 13.5. The van der Waals surface area contributed by atoms with E-state index in [0.29, 0.717) is 11.5 Å². The average molecular weight is 244 g/mol. The van der Waals surface area contributed by atoms with Crippen molar-refractivity contribution in [1.29, 1.82) is 0 Å². The number of benzene rings is 1. The minimum Gasteiger partial charge on any atom is -0.324 e. The van der Waals surface area contributed by atoms with Crippen molar-refractivity contribution in [3.63, 3.8) is 0 Å². The summed E-state index contributed by atoms with van der Waals surface area (Å²) in [7, 11) is 0. The molecule has 0 unspecified atom stereocenters. The zero-order valence-corrected chi connectivity index (χ0v) is 10.4. The first-order valence-corrected chi connectivity index (χ1v) is 5.70. The van der Waals surface area contributed by atoms with Gasteiger partial charge in [-0.15, -0.1) is 12.4 Å². The van der Waals surface area contributed by atoms with Gasteiger partial charge in [0.2, 0.25) is 0 Å². The van der Waals surface area contributed by atoms with Gasteiger partial charge in [0.1, 0.15) is 5.82 Å². The third-order valence-electron chi connectivity index (χ3n) is 3.42. The fourth-order valence-corrected chi connectivity index (χ4v) is 2.49. The van der Waals surface area contributed by atoms with E-state index in [1.165, 1.54) is 18.9 Å². The van der Waals surface area contributed by atoms with E-state index in [1.807, 2.05) is 13.0 Å². The molecule has 0 heterocycles. The van der Waals surface area contributed by atoms with Crippen molar-refractivity contribution < 1.29 is 4.39 Å². The molecule has 2 N–H and O–H groups in total. The maximum Gasteiger partial charge on any atom is 0.127 e. The number of halogens is 2. The Balaban J connectivity index is 0.00000128. The van der Waals surface area contributed by atoms with Crippen molar-refractivity contribution in [1.82, 2.24) is 0 Å². The summed E-state index contributed by atoms with van der Waals surface area (Å²) >= 11 is 0. The third-order valence-corrected chi connectivity index (χ3v) is 3.42. The molecule has 1 saturated carbocycles. The predicted molar refractivity (Wildman–Crippen MR) is 67.3 cm³/mol. The molecule has 16 heavy (non-hydrogen) atoms. The standard InChI is InChI=1S/C13H18FN.ClH/c1-9-6-7-12(14)11(8-9)13(15)10-4-2-3-5-10;/h6-8,10,13H,2-5,15H2,1H3;1H/t13-;/m0./s1. The minimum absolute atomic E-state index is 0. The number of aryl methyl sites for hydroxylation is 1. The van der Waals surface area contributed by atoms with Gasteiger partial charge < -0.3 is 5.73 Å². The lowest BCUT2D eigenvalue weighted by molar-refractivity contribution is 0.428. The smallest absolute Gasteiger partial charge is 0.127 e. The van der Waals surface area contributed by atoms with Crippen molar-refractivity contribution >= 4 is 12.4 Å². The molecule has 0 saturated heterocycles. The van der Waals surface area contributed by atoms with E-state index in [-0.39, 0.29) is 24.3 Å². The molecule has 0 aliphatic heterocycles. The molecule has 1 aliphatic rings. The van der Waals surface area contributed by atoms with Crippen LogP contribution < -0.4 is 5.73 Å². The summed E-state index contributed by atoms with van der Waals surface area (Å²) in [5, 5.41) is 0. The first-order valence-electron chi connectivity index (χ1n) is 5.70. The molecule has 0 bridgehead atoms. The lowest BCUT2D eigenvalue weighted by Gasteiger charge is -2.20. The largest absolute Gasteiger partial charge is 0.324 e. The van der Waals surface area contributed by atoms with Crippen LogP contribution in [0, 0.1) is 18.7 Å². The van der Waals surface area contributed by atoms with E-state index in [9.17, 15) is 4.39 Å². The SMILES string of the molecule is Cc1ccc(F)c([C@@H](N)C2CCCC2)c1.Cl. The molecule has 2 rings (SSSR count). The topological polar surface area (TPSA) is 26.0 Å². The van der Waals surface area contributed by atoms with E-state index in [4.69, 9.17) is 5.73 Å². The van der Waals surface area contributed by atoms with Crippen LogP contribution in [0.25, 0.3) is 0 Å². The summed E-state index contributed by atoms with van der Waals surface area (Å²) in [5.41, 5.74) is 7.91. The monoisotopic (exact) mass is 243 g/mol. The Hall–Kier alpha value is -0.600. The minimum atomic E-state index is -0.153. The van der Waals surface area contributed by atoms with Crippen LogP contribution >= 0.6 is 12.4 Å². The average Bonchev–Trinajstić information content (AvgIpc) is 2.74. The highest BCUT2D eigenvalue weighted by atomic mass is 35.5. The molecule has 0 radical (unpaired) electrons. The van der Waals surface area contributed by atoms with Crippen LogP contribution in [0.2, 0.25) is 0 Å². The van der Waals surface area contributed by atoms with Gasteiger partial charge in [0.25, 0.3) is 0 Å². The highest BCUT2D eigenvalue weighted by Crippen LogP contribution is 2.35. The summed E-state index contributed by atoms with van der Waals surface area (Å²) in [4.78, 5) is 0. The molecule has 3 heteroatoms. The maximum atomic E-state index is 13.6. The Morgan fingerprint density at radius 1 is 1.31 bits per heavy atom. The molecule has 0 aromatic heterocycles. The number of nitrogens with two attached hydrogens (primary N) is 1. The molecular weight excluding hydrogens is 225 g/mol. The van der Waals surface area contributed by atoms with E-state index in [0.717, 1.165) is 18.4 Å². The Morgan fingerprint density at radius 2 is 1.94 bits per heavy atom. The Morgan fingerprint density at radius 3 is 2.56 bits per heavy atom. The predicted octanol–water partition coefficient (Wildman–Crippen LogP) is 3.75. The van der Waals surface area contributed by atoms with Crippen molar-refractivity contribution in [2.75, 3.05) is 0 Å². The van der Waals surface area contributed by atoms with Crippen molar-refractivity contribution in [3.05, 3.63) is 35.1 Å². The van der Waals surface area contributed by atoms with Crippen molar-refractivity contribution in [2.24, 2.45) is 11.7 Å². The van der Waals surface area contributed by atoms with Crippen LogP contribution in [0.1, 0.15) is 42.9 Å². The molecule has 1 aromatic carbocycles. The summed E-state index contributed by atoms with van der Waals surface area (Å²) in [6.07, 6.45) is 4.78. The quantitative estimate of drug-likeness (QED) is 0.841. The van der Waals surface area contributed by atoms with Gasteiger partial charge in [-0.05, 0) is 31.7 Å². The maximum absolute atomic E-state index is 13.6. The normalized spacial score (nSPS) is 18.2. The lowest BCUT2D eigenvalue weighted by atomic mass is 9.91. The molecule has 0 spiro atoms. The second kappa shape index (κ2) is 5.65. The molecule has 0 amide bonds. The first-order chi connectivity index (χ1) is 7.18. The van der Waals surface area contributed by atoms with Crippen LogP contribution in [0.5, 0.6) is 0 Å². The van der Waals surface area contributed by atoms with Crippen LogP contribution in [-0.4, -0.2) is 0 Å². The van der Waals surface area contributed by atoms with Crippen molar-refractivity contribution in [2.45, 2.75) is 38.6 Å². The fraction of sp³-hybridized carbons (Fsp3) is 0.538. The fourth-order valence-electron chi connectivity index (χ4n) is 2.49. The number of hydrogen-bond donors (Lipinski definition) is 1. The second-order valence-corrected chi connectivity index (χ2v) is 4.60. The van der Waals surface area contributed by atoms with E-state index in [2.05, 4.69) is 0 Å². The summed E-state index contributed by atoms with van der Waals surface area (Å²) in [5.74, 6) is 0.321. The molecule has 1 aromatic rings. The summed E-state index contributed by atoms with van der Waals surface area (Å²) < 4.78 is 13.6. The van der Waals surface area contributed by atoms with Gasteiger partial charge in [-0.3, -0.25) is 0 Å². The zero-order valence-electron chi connectivity index (χ0n) is 9.58. The van der Waals surface area contributed by atoms with Gasteiger partial charge in [0.15, 0.2) is 0 Å². The number of hydrogen-bond acceptors (Lipinski definition) is 1. The van der Waals surface area contributed by atoms with Gasteiger partial charge in [-0.1, -0.05) is 30.5 Å². The van der Waals surface area contributed by atoms with Crippen LogP contribution in [0.3, 0.4) is 0 Å². The molecule has 1 fully saturated rings. The summed E-state index contributed by atoms with van der Waals surface area (Å²) in [6.45, 7) is 1.98. The Labute approximate surface area is 103 Å². The van der Waals surface area contributed by atoms with E-state index < -0.39 is 0 Å². The van der Waals surface area contributed by atoms with Gasteiger partial charge in [0.05, 0.1) is 0 Å². The zero-order chi connectivity index (χ0) is 10.8. The van der Waals surface area contributed by atoms with Crippen LogP contribution in [0.15, 0.2) is 18.2 Å². The molecular formula is C13H19ClFN. The highest BCUT2D eigenvalue weighted by molar-refractivity contribution is 5.85. The molecule has 1 atom stereocenters. The van der Waals surface area contributed by atoms with E-state index >= 15 is 0 Å². The van der Waals surface area contributed by atoms with Gasteiger partial charge in [-0.2, -0.15) is 0 Å². The Bertz CT molecular complexity index is 348. The van der Waals surface area contributed by atoms with E-state index in [1.54, 1.807) is 6.07 Å². The van der Waals surface area contributed by atoms with Crippen LogP contribution in [-0.2, 0) is 0 Å². The number of rotatable bonds is 2. The van der Waals surface area contributed by atoms with Crippen molar-refractivity contribution in [3.8, 4) is 0 Å². The Kier molecular flexibility index (Phi) is 4.75. The summed E-state index contributed by atoms with van der Waals surface area (Å²) in [6, 6.07) is 5.09. The highest BCUT2D eigenvalue weighted by Gasteiger charge is 2.25. The second-order valence-electron chi connectivity index (χ2n) is 4.60. The van der Waals surface area contributed by atoms with Gasteiger partial charge >= 0.3 is 0 Å². The lowest BCUT2D eigenvalue weighted by Crippen LogP contribution is -2.20. The van der Waals surface area contributed by atoms with Gasteiger partial charge in [-0.25, -0.2) is 4.39 Å². The molecule has 90 valence electrons. The molecule has 1 aliphatic carbocycles. The third kappa shape index (κ3) is 2.74. The molecule has 1 nitrogen and oxygen atoms in total.